The van der Waals surface area contributed by atoms with E-state index in [0.717, 1.165) is 34.2 Å². The highest BCUT2D eigenvalue weighted by atomic mass is 79.9. The van der Waals surface area contributed by atoms with Crippen LogP contribution in [-0.2, 0) is 16.7 Å². The molecule has 3 aromatic rings. The number of fused-ring (bicyclic) bond motifs is 1. The number of hydrogen-bond donors (Lipinski definition) is 1. The number of ether oxygens (including phenoxy) is 1. The topological polar surface area (TPSA) is 58.2 Å². The first kappa shape index (κ1) is 20.0. The summed E-state index contributed by atoms with van der Waals surface area (Å²) in [4.78, 5) is 23.4. The molecule has 1 aliphatic heterocycles. The van der Waals surface area contributed by atoms with Gasteiger partial charge in [-0.05, 0) is 57.4 Å². The summed E-state index contributed by atoms with van der Waals surface area (Å²) < 4.78 is 6.76. The van der Waals surface area contributed by atoms with Gasteiger partial charge in [-0.1, -0.05) is 46.3 Å². The molecule has 2 heterocycles. The average molecular weight is 456 g/mol. The molecular weight excluding hydrogens is 430 g/mol. The van der Waals surface area contributed by atoms with Crippen molar-refractivity contribution in [1.29, 1.82) is 0 Å². The van der Waals surface area contributed by atoms with Gasteiger partial charge in [0.2, 0.25) is 0 Å². The molecular formula is C23H26BrN3O2. The first-order valence-electron chi connectivity index (χ1n) is 9.97. The van der Waals surface area contributed by atoms with Gasteiger partial charge in [-0.3, -0.25) is 4.90 Å². The van der Waals surface area contributed by atoms with Crippen molar-refractivity contribution in [2.24, 2.45) is 0 Å². The second-order valence-electron chi connectivity index (χ2n) is 8.68. The van der Waals surface area contributed by atoms with E-state index in [4.69, 9.17) is 9.72 Å². The van der Waals surface area contributed by atoms with Crippen molar-refractivity contribution >= 4 is 33.1 Å². The average Bonchev–Trinajstić information content (AvgIpc) is 3.25. The molecule has 5 nitrogen and oxygen atoms in total. The normalized spacial score (nSPS) is 19.7. The summed E-state index contributed by atoms with van der Waals surface area (Å²) in [6.07, 6.45) is 2.15. The number of imidazole rings is 1. The van der Waals surface area contributed by atoms with Gasteiger partial charge in [-0.2, -0.15) is 0 Å². The molecule has 0 unspecified atom stereocenters. The number of carbonyl (C=O) groups is 1. The number of hydrogen-bond acceptors (Lipinski definition) is 3. The number of benzene rings is 2. The lowest BCUT2D eigenvalue weighted by atomic mass is 9.87. The van der Waals surface area contributed by atoms with Gasteiger partial charge in [0, 0.05) is 17.4 Å². The minimum absolute atomic E-state index is 0.285. The van der Waals surface area contributed by atoms with Crippen molar-refractivity contribution in [2.45, 2.75) is 51.2 Å². The molecule has 1 fully saturated rings. The summed E-state index contributed by atoms with van der Waals surface area (Å²) in [7, 11) is 0. The van der Waals surface area contributed by atoms with Gasteiger partial charge in [0.1, 0.15) is 17.0 Å². The van der Waals surface area contributed by atoms with Gasteiger partial charge >= 0.3 is 6.09 Å². The predicted octanol–water partition coefficient (Wildman–Crippen LogP) is 5.79. The van der Waals surface area contributed by atoms with E-state index in [-0.39, 0.29) is 6.09 Å². The van der Waals surface area contributed by atoms with Crippen LogP contribution in [0.1, 0.15) is 45.0 Å². The third-order valence-electron chi connectivity index (χ3n) is 5.33. The van der Waals surface area contributed by atoms with E-state index in [1.165, 1.54) is 5.56 Å². The number of halogens is 1. The fourth-order valence-corrected chi connectivity index (χ4v) is 4.47. The highest BCUT2D eigenvalue weighted by Crippen LogP contribution is 2.42. The third kappa shape index (κ3) is 4.04. The Hall–Kier alpha value is -2.34. The van der Waals surface area contributed by atoms with Crippen LogP contribution in [0.3, 0.4) is 0 Å². The molecule has 4 rings (SSSR count). The molecule has 29 heavy (non-hydrogen) atoms. The van der Waals surface area contributed by atoms with Crippen molar-refractivity contribution < 1.29 is 9.53 Å². The molecule has 1 aliphatic rings. The van der Waals surface area contributed by atoms with Crippen LogP contribution in [0.25, 0.3) is 11.0 Å². The molecule has 0 spiro atoms. The smallest absolute Gasteiger partial charge is 0.411 e. The molecule has 1 N–H and O–H groups in total. The van der Waals surface area contributed by atoms with Crippen LogP contribution in [-0.4, -0.2) is 33.1 Å². The fraction of sp³-hybridized carbons (Fsp3) is 0.391. The number of likely N-dealkylation sites (tertiary alicyclic amines) is 1. The molecule has 1 aromatic heterocycles. The molecule has 1 saturated heterocycles. The molecule has 1 atom stereocenters. The summed E-state index contributed by atoms with van der Waals surface area (Å²) in [5.74, 6) is 0.817. The van der Waals surface area contributed by atoms with E-state index in [1.54, 1.807) is 0 Å². The van der Waals surface area contributed by atoms with E-state index in [2.05, 4.69) is 33.0 Å². The lowest BCUT2D eigenvalue weighted by Crippen LogP contribution is -2.49. The van der Waals surface area contributed by atoms with E-state index >= 15 is 0 Å². The molecule has 1 amide bonds. The maximum Gasteiger partial charge on any atom is 0.411 e. The van der Waals surface area contributed by atoms with Gasteiger partial charge in [0.25, 0.3) is 0 Å². The molecule has 0 radical (unpaired) electrons. The lowest BCUT2D eigenvalue weighted by Gasteiger charge is -2.38. The van der Waals surface area contributed by atoms with Crippen molar-refractivity contribution in [2.75, 3.05) is 6.54 Å². The minimum atomic E-state index is -0.560. The summed E-state index contributed by atoms with van der Waals surface area (Å²) >= 11 is 3.53. The van der Waals surface area contributed by atoms with Crippen molar-refractivity contribution in [3.8, 4) is 0 Å². The molecule has 0 saturated carbocycles. The van der Waals surface area contributed by atoms with E-state index in [0.29, 0.717) is 13.0 Å². The highest BCUT2D eigenvalue weighted by Gasteiger charge is 2.48. The Labute approximate surface area is 179 Å². The molecule has 6 heteroatoms. The number of nitrogens with one attached hydrogen (secondary N) is 1. The summed E-state index contributed by atoms with van der Waals surface area (Å²) in [5.41, 5.74) is 1.92. The number of carbonyl (C=O) groups excluding carboxylic acids is 1. The molecule has 0 bridgehead atoms. The number of aromatic nitrogens is 2. The Morgan fingerprint density at radius 2 is 2.00 bits per heavy atom. The van der Waals surface area contributed by atoms with Crippen LogP contribution in [0, 0.1) is 0 Å². The Morgan fingerprint density at radius 3 is 2.72 bits per heavy atom. The zero-order valence-corrected chi connectivity index (χ0v) is 18.6. The Bertz CT molecular complexity index is 1030. The number of H-pyrrole nitrogens is 1. The first-order valence-corrected chi connectivity index (χ1v) is 10.8. The van der Waals surface area contributed by atoms with E-state index in [1.807, 2.05) is 62.1 Å². The van der Waals surface area contributed by atoms with Crippen molar-refractivity contribution in [3.05, 3.63) is 64.4 Å². The number of amides is 1. The summed E-state index contributed by atoms with van der Waals surface area (Å²) in [6.45, 7) is 6.36. The van der Waals surface area contributed by atoms with Crippen LogP contribution in [0.2, 0.25) is 0 Å². The zero-order valence-electron chi connectivity index (χ0n) is 17.0. The number of aromatic amines is 1. The van der Waals surface area contributed by atoms with Crippen LogP contribution < -0.4 is 0 Å². The van der Waals surface area contributed by atoms with Gasteiger partial charge in [-0.15, -0.1) is 0 Å². The summed E-state index contributed by atoms with van der Waals surface area (Å²) in [6, 6.07) is 16.3. The van der Waals surface area contributed by atoms with Gasteiger partial charge in [0.05, 0.1) is 11.0 Å². The Morgan fingerprint density at radius 1 is 1.24 bits per heavy atom. The molecule has 0 aliphatic carbocycles. The van der Waals surface area contributed by atoms with Gasteiger partial charge in [-0.25, -0.2) is 9.78 Å². The lowest BCUT2D eigenvalue weighted by molar-refractivity contribution is 0.00534. The minimum Gasteiger partial charge on any atom is -0.444 e. The maximum absolute atomic E-state index is 13.2. The number of rotatable bonds is 3. The Kier molecular flexibility index (Phi) is 5.15. The standard InChI is InChI=1S/C23H26BrN3O2/c1-22(2,3)29-21(28)27-13-7-12-23(27,15-16-8-5-4-6-9-16)20-25-18-11-10-17(24)14-19(18)26-20/h4-6,8-11,14H,7,12-13,15H2,1-3H3,(H,25,26)/t23-/m1/s1. The molecule has 2 aromatic carbocycles. The quantitative estimate of drug-likeness (QED) is 0.543. The van der Waals surface area contributed by atoms with Crippen LogP contribution in [0.4, 0.5) is 4.79 Å². The first-order chi connectivity index (χ1) is 13.8. The molecule has 152 valence electrons. The Balaban J connectivity index is 1.81. The summed E-state index contributed by atoms with van der Waals surface area (Å²) in [5, 5.41) is 0. The monoisotopic (exact) mass is 455 g/mol. The van der Waals surface area contributed by atoms with Gasteiger partial charge < -0.3 is 9.72 Å². The van der Waals surface area contributed by atoms with Gasteiger partial charge in [0.15, 0.2) is 0 Å². The zero-order chi connectivity index (χ0) is 20.6. The fourth-order valence-electron chi connectivity index (χ4n) is 4.11. The second kappa shape index (κ2) is 7.48. The van der Waals surface area contributed by atoms with E-state index in [9.17, 15) is 4.79 Å². The largest absolute Gasteiger partial charge is 0.444 e. The van der Waals surface area contributed by atoms with Crippen LogP contribution in [0.15, 0.2) is 53.0 Å². The SMILES string of the molecule is CC(C)(C)OC(=O)N1CCC[C@@]1(Cc1ccccc1)c1nc2ccc(Br)cc2[nH]1. The van der Waals surface area contributed by atoms with E-state index < -0.39 is 11.1 Å². The van der Waals surface area contributed by atoms with Crippen molar-refractivity contribution in [1.82, 2.24) is 14.9 Å². The second-order valence-corrected chi connectivity index (χ2v) is 9.59. The highest BCUT2D eigenvalue weighted by molar-refractivity contribution is 9.10. The number of nitrogens with zero attached hydrogens (tertiary/aromatic N) is 2. The maximum atomic E-state index is 13.2. The van der Waals surface area contributed by atoms with Crippen LogP contribution in [0.5, 0.6) is 0 Å². The predicted molar refractivity (Wildman–Crippen MR) is 118 cm³/mol. The van der Waals surface area contributed by atoms with Crippen molar-refractivity contribution in [3.63, 3.8) is 0 Å². The third-order valence-corrected chi connectivity index (χ3v) is 5.82. The van der Waals surface area contributed by atoms with Crippen LogP contribution >= 0.6 is 15.9 Å².